The molecule has 0 spiro atoms. The van der Waals surface area contributed by atoms with Crippen molar-refractivity contribution in [3.05, 3.63) is 35.9 Å². The van der Waals surface area contributed by atoms with E-state index >= 15 is 0 Å². The number of hydrogen-bond acceptors (Lipinski definition) is 3. The van der Waals surface area contributed by atoms with E-state index in [0.717, 1.165) is 5.56 Å². The highest BCUT2D eigenvalue weighted by Gasteiger charge is 2.04. The fourth-order valence-electron chi connectivity index (χ4n) is 1.20. The van der Waals surface area contributed by atoms with Crippen LogP contribution in [0.25, 0.3) is 0 Å². The molecule has 0 heterocycles. The Morgan fingerprint density at radius 2 is 2.06 bits per heavy atom. The first-order valence-corrected chi connectivity index (χ1v) is 5.54. The van der Waals surface area contributed by atoms with Crippen molar-refractivity contribution >= 4 is 17.0 Å². The lowest BCUT2D eigenvalue weighted by atomic mass is 10.2. The third kappa shape index (κ3) is 5.73. The summed E-state index contributed by atoms with van der Waals surface area (Å²) in [7, 11) is 0. The lowest BCUT2D eigenvalue weighted by molar-refractivity contribution is 0.0348. The lowest BCUT2D eigenvalue weighted by Crippen LogP contribution is -2.12. The van der Waals surface area contributed by atoms with Crippen molar-refractivity contribution in [2.24, 2.45) is 0 Å². The first kappa shape index (κ1) is 13.0. The summed E-state index contributed by atoms with van der Waals surface area (Å²) >= 11 is 5.03. The molecular formula is C12H15ClO3. The number of ether oxygens (including phenoxy) is 2. The second-order valence-corrected chi connectivity index (χ2v) is 3.79. The molecule has 0 aromatic heterocycles. The van der Waals surface area contributed by atoms with Crippen LogP contribution in [0.15, 0.2) is 30.3 Å². The van der Waals surface area contributed by atoms with Crippen molar-refractivity contribution in [3.63, 3.8) is 0 Å². The van der Waals surface area contributed by atoms with Crippen LogP contribution in [-0.4, -0.2) is 18.1 Å². The summed E-state index contributed by atoms with van der Waals surface area (Å²) < 4.78 is 10.2. The topological polar surface area (TPSA) is 35.5 Å². The molecule has 0 aliphatic rings. The van der Waals surface area contributed by atoms with Gasteiger partial charge in [0.05, 0.1) is 19.3 Å². The largest absolute Gasteiger partial charge is 0.454 e. The molecule has 0 amide bonds. The third-order valence-electron chi connectivity index (χ3n) is 2.12. The van der Waals surface area contributed by atoms with Gasteiger partial charge in [-0.1, -0.05) is 30.3 Å². The second kappa shape index (κ2) is 7.25. The molecule has 88 valence electrons. The molecule has 16 heavy (non-hydrogen) atoms. The Hall–Kier alpha value is -1.06. The maximum absolute atomic E-state index is 10.3. The van der Waals surface area contributed by atoms with Gasteiger partial charge in [-0.05, 0) is 12.5 Å². The van der Waals surface area contributed by atoms with E-state index in [0.29, 0.717) is 13.0 Å². The van der Waals surface area contributed by atoms with Crippen molar-refractivity contribution in [2.45, 2.75) is 26.1 Å². The van der Waals surface area contributed by atoms with Gasteiger partial charge in [-0.3, -0.25) is 0 Å². The van der Waals surface area contributed by atoms with Crippen LogP contribution in [0.5, 0.6) is 0 Å². The van der Waals surface area contributed by atoms with Crippen LogP contribution in [-0.2, 0) is 16.1 Å². The van der Waals surface area contributed by atoms with E-state index in [4.69, 9.17) is 16.3 Å². The standard InChI is InChI=1S/C12H15ClO3/c1-10(7-8-15-12(13)14)16-9-11-5-3-2-4-6-11/h2-6,10H,7-9H2,1H3/t10-/m0/s1. The summed E-state index contributed by atoms with van der Waals surface area (Å²) in [6.45, 7) is 2.79. The van der Waals surface area contributed by atoms with Crippen molar-refractivity contribution in [1.82, 2.24) is 0 Å². The summed E-state index contributed by atoms with van der Waals surface area (Å²) in [6, 6.07) is 9.92. The fraction of sp³-hybridized carbons (Fsp3) is 0.417. The maximum atomic E-state index is 10.3. The molecule has 1 atom stereocenters. The Labute approximate surface area is 100 Å². The van der Waals surface area contributed by atoms with Crippen LogP contribution < -0.4 is 0 Å². The molecule has 3 nitrogen and oxygen atoms in total. The smallest absolute Gasteiger partial charge is 0.403 e. The van der Waals surface area contributed by atoms with Gasteiger partial charge in [0.15, 0.2) is 0 Å². The van der Waals surface area contributed by atoms with Gasteiger partial charge in [-0.15, -0.1) is 0 Å². The van der Waals surface area contributed by atoms with E-state index in [1.807, 2.05) is 37.3 Å². The number of benzene rings is 1. The van der Waals surface area contributed by atoms with Crippen LogP contribution in [0.2, 0.25) is 0 Å². The van der Waals surface area contributed by atoms with Gasteiger partial charge in [-0.2, -0.15) is 0 Å². The maximum Gasteiger partial charge on any atom is 0.403 e. The first-order chi connectivity index (χ1) is 7.68. The van der Waals surface area contributed by atoms with Gasteiger partial charge in [0, 0.05) is 18.0 Å². The predicted octanol–water partition coefficient (Wildman–Crippen LogP) is 3.36. The van der Waals surface area contributed by atoms with Gasteiger partial charge in [0.25, 0.3) is 0 Å². The number of rotatable bonds is 6. The first-order valence-electron chi connectivity index (χ1n) is 5.16. The predicted molar refractivity (Wildman–Crippen MR) is 62.5 cm³/mol. The average Bonchev–Trinajstić information content (AvgIpc) is 2.27. The van der Waals surface area contributed by atoms with Crippen LogP contribution in [0.1, 0.15) is 18.9 Å². The normalized spacial score (nSPS) is 12.1. The zero-order valence-electron chi connectivity index (χ0n) is 9.19. The molecule has 0 bridgehead atoms. The molecule has 0 aliphatic heterocycles. The molecule has 0 saturated carbocycles. The van der Waals surface area contributed by atoms with Crippen molar-refractivity contribution < 1.29 is 14.3 Å². The summed E-state index contributed by atoms with van der Waals surface area (Å²) in [5.41, 5.74) is 0.360. The number of hydrogen-bond donors (Lipinski definition) is 0. The molecule has 0 saturated heterocycles. The van der Waals surface area contributed by atoms with E-state index in [-0.39, 0.29) is 12.7 Å². The quantitative estimate of drug-likeness (QED) is 0.718. The average molecular weight is 243 g/mol. The minimum Gasteiger partial charge on any atom is -0.454 e. The molecular weight excluding hydrogens is 228 g/mol. The zero-order valence-corrected chi connectivity index (χ0v) is 9.94. The SMILES string of the molecule is C[C@@H](CCOC(=O)Cl)OCc1ccccc1. The minimum absolute atomic E-state index is 0.0382. The van der Waals surface area contributed by atoms with E-state index in [1.54, 1.807) is 0 Å². The zero-order chi connectivity index (χ0) is 11.8. The highest BCUT2D eigenvalue weighted by Crippen LogP contribution is 2.05. The van der Waals surface area contributed by atoms with Gasteiger partial charge >= 0.3 is 5.43 Å². The van der Waals surface area contributed by atoms with Gasteiger partial charge in [0.1, 0.15) is 0 Å². The molecule has 0 unspecified atom stereocenters. The Morgan fingerprint density at radius 1 is 1.38 bits per heavy atom. The third-order valence-corrected chi connectivity index (χ3v) is 2.23. The Morgan fingerprint density at radius 3 is 2.69 bits per heavy atom. The Bertz CT molecular complexity index is 313. The molecule has 1 aromatic rings. The highest BCUT2D eigenvalue weighted by molar-refractivity contribution is 6.61. The summed E-state index contributed by atoms with van der Waals surface area (Å²) in [5, 5.41) is 0. The van der Waals surface area contributed by atoms with Crippen molar-refractivity contribution in [2.75, 3.05) is 6.61 Å². The molecule has 0 N–H and O–H groups in total. The van der Waals surface area contributed by atoms with Gasteiger partial charge in [-0.25, -0.2) is 4.79 Å². The molecule has 1 rings (SSSR count). The summed E-state index contributed by atoms with van der Waals surface area (Å²) in [4.78, 5) is 10.3. The summed E-state index contributed by atoms with van der Waals surface area (Å²) in [6.07, 6.45) is 0.682. The van der Waals surface area contributed by atoms with E-state index < -0.39 is 5.43 Å². The Kier molecular flexibility index (Phi) is 5.90. The van der Waals surface area contributed by atoms with E-state index in [9.17, 15) is 4.79 Å². The lowest BCUT2D eigenvalue weighted by Gasteiger charge is -2.12. The van der Waals surface area contributed by atoms with E-state index in [1.165, 1.54) is 0 Å². The van der Waals surface area contributed by atoms with Gasteiger partial charge in [0.2, 0.25) is 0 Å². The number of carbonyl (C=O) groups is 1. The highest BCUT2D eigenvalue weighted by atomic mass is 35.5. The van der Waals surface area contributed by atoms with Crippen molar-refractivity contribution in [3.8, 4) is 0 Å². The fourth-order valence-corrected chi connectivity index (χ4v) is 1.28. The minimum atomic E-state index is -0.768. The van der Waals surface area contributed by atoms with Crippen LogP contribution in [0.3, 0.4) is 0 Å². The monoisotopic (exact) mass is 242 g/mol. The van der Waals surface area contributed by atoms with Crippen LogP contribution >= 0.6 is 11.6 Å². The Balaban J connectivity index is 2.15. The van der Waals surface area contributed by atoms with Gasteiger partial charge < -0.3 is 9.47 Å². The van der Waals surface area contributed by atoms with Crippen LogP contribution in [0.4, 0.5) is 4.79 Å². The molecule has 0 radical (unpaired) electrons. The number of halogens is 1. The van der Waals surface area contributed by atoms with Crippen LogP contribution in [0, 0.1) is 0 Å². The number of carbonyl (C=O) groups excluding carboxylic acids is 1. The van der Waals surface area contributed by atoms with E-state index in [2.05, 4.69) is 4.74 Å². The van der Waals surface area contributed by atoms with Crippen molar-refractivity contribution in [1.29, 1.82) is 0 Å². The molecule has 1 aromatic carbocycles. The summed E-state index contributed by atoms with van der Waals surface area (Å²) in [5.74, 6) is 0. The second-order valence-electron chi connectivity index (χ2n) is 3.48. The molecule has 0 fully saturated rings. The molecule has 4 heteroatoms. The molecule has 0 aliphatic carbocycles.